The van der Waals surface area contributed by atoms with Gasteiger partial charge in [-0.15, -0.1) is 0 Å². The lowest BCUT2D eigenvalue weighted by molar-refractivity contribution is -0.137. The molecule has 3 nitrogen and oxygen atoms in total. The number of hydrogen-bond acceptors (Lipinski definition) is 2. The standard InChI is InChI=1S/C18H10Cl2F3NO2/c19-11-2-1-3-12(9-11)24-17(25)16-7-6-15(26-16)10-4-5-14(20)13(8-10)18(21,22)23/h1-9H,(H,24,25). The van der Waals surface area contributed by atoms with E-state index in [9.17, 15) is 18.0 Å². The number of benzene rings is 2. The average Bonchev–Trinajstić information content (AvgIpc) is 3.04. The molecule has 0 saturated carbocycles. The fraction of sp³-hybridized carbons (Fsp3) is 0.0556. The topological polar surface area (TPSA) is 42.2 Å². The minimum atomic E-state index is -4.59. The maximum atomic E-state index is 13.0. The maximum Gasteiger partial charge on any atom is 0.417 e. The fourth-order valence-electron chi connectivity index (χ4n) is 2.27. The Morgan fingerprint density at radius 2 is 1.77 bits per heavy atom. The van der Waals surface area contributed by atoms with Crippen molar-refractivity contribution in [2.75, 3.05) is 5.32 Å². The number of alkyl halides is 3. The lowest BCUT2D eigenvalue weighted by atomic mass is 10.1. The number of furan rings is 1. The van der Waals surface area contributed by atoms with Gasteiger partial charge in [-0.1, -0.05) is 29.3 Å². The van der Waals surface area contributed by atoms with Gasteiger partial charge in [-0.25, -0.2) is 0 Å². The largest absolute Gasteiger partial charge is 0.451 e. The van der Waals surface area contributed by atoms with Crippen molar-refractivity contribution in [1.29, 1.82) is 0 Å². The lowest BCUT2D eigenvalue weighted by Crippen LogP contribution is -2.10. The summed E-state index contributed by atoms with van der Waals surface area (Å²) in [5, 5.41) is 2.63. The van der Waals surface area contributed by atoms with Crippen molar-refractivity contribution in [3.8, 4) is 11.3 Å². The highest BCUT2D eigenvalue weighted by atomic mass is 35.5. The molecule has 1 aromatic heterocycles. The number of halogens is 5. The Labute approximate surface area is 156 Å². The first-order valence-electron chi connectivity index (χ1n) is 7.28. The highest BCUT2D eigenvalue weighted by molar-refractivity contribution is 6.31. The molecule has 0 atom stereocenters. The molecule has 0 aliphatic heterocycles. The fourth-order valence-corrected chi connectivity index (χ4v) is 2.68. The summed E-state index contributed by atoms with van der Waals surface area (Å²) in [4.78, 5) is 12.2. The molecule has 1 heterocycles. The van der Waals surface area contributed by atoms with Gasteiger partial charge in [-0.3, -0.25) is 4.79 Å². The third-order valence-corrected chi connectivity index (χ3v) is 4.03. The van der Waals surface area contributed by atoms with E-state index in [1.54, 1.807) is 24.3 Å². The Hall–Kier alpha value is -2.44. The van der Waals surface area contributed by atoms with Gasteiger partial charge in [-0.2, -0.15) is 13.2 Å². The normalized spacial score (nSPS) is 11.4. The second-order valence-electron chi connectivity index (χ2n) is 5.32. The number of hydrogen-bond donors (Lipinski definition) is 1. The Balaban J connectivity index is 1.85. The zero-order valence-electron chi connectivity index (χ0n) is 12.9. The van der Waals surface area contributed by atoms with E-state index in [4.69, 9.17) is 27.6 Å². The van der Waals surface area contributed by atoms with E-state index in [0.717, 1.165) is 12.1 Å². The Morgan fingerprint density at radius 3 is 2.46 bits per heavy atom. The molecule has 0 radical (unpaired) electrons. The van der Waals surface area contributed by atoms with Crippen LogP contribution >= 0.6 is 23.2 Å². The van der Waals surface area contributed by atoms with E-state index < -0.39 is 22.7 Å². The van der Waals surface area contributed by atoms with Gasteiger partial charge in [0.25, 0.3) is 5.91 Å². The molecule has 1 N–H and O–H groups in total. The predicted molar refractivity (Wildman–Crippen MR) is 93.6 cm³/mol. The quantitative estimate of drug-likeness (QED) is 0.544. The second kappa shape index (κ2) is 7.05. The number of rotatable bonds is 3. The van der Waals surface area contributed by atoms with Crippen molar-refractivity contribution < 1.29 is 22.4 Å². The third kappa shape index (κ3) is 4.03. The Kier molecular flexibility index (Phi) is 4.98. The molecular formula is C18H10Cl2F3NO2. The van der Waals surface area contributed by atoms with Gasteiger partial charge in [0, 0.05) is 16.3 Å². The summed E-state index contributed by atoms with van der Waals surface area (Å²) in [5.41, 5.74) is -0.354. The van der Waals surface area contributed by atoms with Crippen LogP contribution < -0.4 is 5.32 Å². The average molecular weight is 400 g/mol. The molecule has 0 fully saturated rings. The van der Waals surface area contributed by atoms with Gasteiger partial charge in [0.2, 0.25) is 0 Å². The van der Waals surface area contributed by atoms with Crippen LogP contribution in [0.25, 0.3) is 11.3 Å². The molecule has 0 aliphatic rings. The number of amides is 1. The van der Waals surface area contributed by atoms with Crippen LogP contribution in [0.2, 0.25) is 10.0 Å². The van der Waals surface area contributed by atoms with Crippen molar-refractivity contribution in [1.82, 2.24) is 0 Å². The first-order chi connectivity index (χ1) is 12.2. The number of carbonyl (C=O) groups is 1. The molecule has 2 aromatic carbocycles. The van der Waals surface area contributed by atoms with Crippen LogP contribution in [0, 0.1) is 0 Å². The summed E-state index contributed by atoms with van der Waals surface area (Å²) in [6.07, 6.45) is -4.59. The van der Waals surface area contributed by atoms with E-state index in [2.05, 4.69) is 5.32 Å². The van der Waals surface area contributed by atoms with Crippen molar-refractivity contribution in [3.63, 3.8) is 0 Å². The van der Waals surface area contributed by atoms with E-state index in [0.29, 0.717) is 10.7 Å². The Morgan fingerprint density at radius 1 is 1.00 bits per heavy atom. The first kappa shape index (κ1) is 18.4. The highest BCUT2D eigenvalue weighted by Crippen LogP contribution is 2.37. The van der Waals surface area contributed by atoms with E-state index in [1.807, 2.05) is 0 Å². The first-order valence-corrected chi connectivity index (χ1v) is 8.03. The molecule has 26 heavy (non-hydrogen) atoms. The molecule has 134 valence electrons. The van der Waals surface area contributed by atoms with E-state index in [-0.39, 0.29) is 17.1 Å². The van der Waals surface area contributed by atoms with Crippen LogP contribution in [-0.4, -0.2) is 5.91 Å². The Bertz CT molecular complexity index is 967. The van der Waals surface area contributed by atoms with E-state index >= 15 is 0 Å². The molecule has 1 amide bonds. The minimum absolute atomic E-state index is 0.0523. The van der Waals surface area contributed by atoms with E-state index in [1.165, 1.54) is 18.2 Å². The molecule has 0 spiro atoms. The molecule has 8 heteroatoms. The van der Waals surface area contributed by atoms with Gasteiger partial charge in [0.15, 0.2) is 5.76 Å². The molecule has 0 saturated heterocycles. The monoisotopic (exact) mass is 399 g/mol. The second-order valence-corrected chi connectivity index (χ2v) is 6.16. The van der Waals surface area contributed by atoms with Crippen molar-refractivity contribution in [2.24, 2.45) is 0 Å². The van der Waals surface area contributed by atoms with Gasteiger partial charge in [0.1, 0.15) is 5.76 Å². The smallest absolute Gasteiger partial charge is 0.417 e. The zero-order chi connectivity index (χ0) is 18.9. The van der Waals surface area contributed by atoms with Crippen molar-refractivity contribution >= 4 is 34.8 Å². The number of anilines is 1. The maximum absolute atomic E-state index is 13.0. The molecule has 0 bridgehead atoms. The van der Waals surface area contributed by atoms with Crippen LogP contribution in [0.4, 0.5) is 18.9 Å². The molecular weight excluding hydrogens is 390 g/mol. The van der Waals surface area contributed by atoms with Crippen LogP contribution in [0.15, 0.2) is 59.0 Å². The number of carbonyl (C=O) groups excluding carboxylic acids is 1. The van der Waals surface area contributed by atoms with Crippen molar-refractivity contribution in [2.45, 2.75) is 6.18 Å². The van der Waals surface area contributed by atoms with Crippen LogP contribution in [0.1, 0.15) is 16.1 Å². The van der Waals surface area contributed by atoms with Gasteiger partial charge >= 0.3 is 6.18 Å². The van der Waals surface area contributed by atoms with Gasteiger partial charge < -0.3 is 9.73 Å². The summed E-state index contributed by atoms with van der Waals surface area (Å²) >= 11 is 11.4. The molecule has 3 aromatic rings. The number of nitrogens with one attached hydrogen (secondary N) is 1. The van der Waals surface area contributed by atoms with Gasteiger partial charge in [0.05, 0.1) is 10.6 Å². The summed E-state index contributed by atoms with van der Waals surface area (Å²) < 4.78 is 44.3. The minimum Gasteiger partial charge on any atom is -0.451 e. The summed E-state index contributed by atoms with van der Waals surface area (Å²) in [6, 6.07) is 12.7. The van der Waals surface area contributed by atoms with Gasteiger partial charge in [-0.05, 0) is 48.5 Å². The lowest BCUT2D eigenvalue weighted by Gasteiger charge is -2.10. The van der Waals surface area contributed by atoms with Crippen LogP contribution in [0.5, 0.6) is 0 Å². The van der Waals surface area contributed by atoms with Crippen LogP contribution in [0.3, 0.4) is 0 Å². The molecule has 0 unspecified atom stereocenters. The van der Waals surface area contributed by atoms with Crippen LogP contribution in [-0.2, 0) is 6.18 Å². The predicted octanol–water partition coefficient (Wildman–Crippen LogP) is 6.52. The highest BCUT2D eigenvalue weighted by Gasteiger charge is 2.33. The summed E-state index contributed by atoms with van der Waals surface area (Å²) in [6.45, 7) is 0. The summed E-state index contributed by atoms with van der Waals surface area (Å²) in [5.74, 6) is -0.490. The third-order valence-electron chi connectivity index (χ3n) is 3.47. The SMILES string of the molecule is O=C(Nc1cccc(Cl)c1)c1ccc(-c2ccc(Cl)c(C(F)(F)F)c2)o1. The molecule has 3 rings (SSSR count). The zero-order valence-corrected chi connectivity index (χ0v) is 14.4. The molecule has 0 aliphatic carbocycles. The van der Waals surface area contributed by atoms with Crippen molar-refractivity contribution in [3.05, 3.63) is 76.0 Å². The summed E-state index contributed by atoms with van der Waals surface area (Å²) in [7, 11) is 0.